The number of nitrogens with zero attached hydrogens (tertiary/aromatic N) is 2. The molecule has 200 valence electrons. The van der Waals surface area contributed by atoms with E-state index in [4.69, 9.17) is 16.3 Å². The Balaban J connectivity index is 1.31. The Morgan fingerprint density at radius 3 is 2.35 bits per heavy atom. The molecule has 10 heteroatoms. The molecule has 1 heterocycles. The molecule has 5 rings (SSSR count). The molecule has 0 saturated carbocycles. The zero-order valence-electron chi connectivity index (χ0n) is 21.2. The van der Waals surface area contributed by atoms with Gasteiger partial charge in [0.25, 0.3) is 11.6 Å². The number of para-hydroxylation sites is 1. The van der Waals surface area contributed by atoms with Gasteiger partial charge in [0.1, 0.15) is 5.02 Å². The van der Waals surface area contributed by atoms with Gasteiger partial charge < -0.3 is 14.6 Å². The number of nitro benzene ring substituents is 1. The smallest absolute Gasteiger partial charge is 0.339 e. The third-order valence-electron chi connectivity index (χ3n) is 6.50. The lowest BCUT2D eigenvalue weighted by atomic mass is 9.98. The standard InChI is InChI=1S/C30H22ClN3O6/c1-2-33-25-10-6-5-7-20(25)23-16-19(12-14-26(23)33)32-28(35)17-40-30(37)22-9-4-3-8-21(22)29(36)18-11-13-24(31)27(15-18)34(38)39/h3-16H,2,17H2,1H3,(H,32,35). The van der Waals surface area contributed by atoms with Gasteiger partial charge in [-0.05, 0) is 49.4 Å². The molecule has 5 aromatic rings. The third kappa shape index (κ3) is 5.02. The van der Waals surface area contributed by atoms with Gasteiger partial charge in [-0.2, -0.15) is 0 Å². The van der Waals surface area contributed by atoms with Gasteiger partial charge in [0.2, 0.25) is 0 Å². The number of aryl methyl sites for hydroxylation is 1. The average Bonchev–Trinajstić information content (AvgIpc) is 3.28. The maximum Gasteiger partial charge on any atom is 0.339 e. The van der Waals surface area contributed by atoms with Gasteiger partial charge in [0.15, 0.2) is 12.4 Å². The number of esters is 1. The van der Waals surface area contributed by atoms with Gasteiger partial charge in [-0.1, -0.05) is 48.0 Å². The van der Waals surface area contributed by atoms with Crippen molar-refractivity contribution in [3.05, 3.63) is 117 Å². The highest BCUT2D eigenvalue weighted by Gasteiger charge is 2.23. The lowest BCUT2D eigenvalue weighted by Gasteiger charge is -2.10. The number of rotatable bonds is 8. The quantitative estimate of drug-likeness (QED) is 0.102. The lowest BCUT2D eigenvalue weighted by Crippen LogP contribution is -2.22. The number of benzene rings is 4. The van der Waals surface area contributed by atoms with Crippen LogP contribution in [-0.2, 0) is 16.1 Å². The van der Waals surface area contributed by atoms with E-state index in [0.29, 0.717) is 5.69 Å². The van der Waals surface area contributed by atoms with Gasteiger partial charge in [0.05, 0.1) is 10.5 Å². The number of nitrogens with one attached hydrogen (secondary N) is 1. The second-order valence-electron chi connectivity index (χ2n) is 8.92. The summed E-state index contributed by atoms with van der Waals surface area (Å²) < 4.78 is 7.41. The number of carbonyl (C=O) groups excluding carboxylic acids is 3. The van der Waals surface area contributed by atoms with Crippen LogP contribution in [0.5, 0.6) is 0 Å². The predicted molar refractivity (Wildman–Crippen MR) is 152 cm³/mol. The van der Waals surface area contributed by atoms with Crippen LogP contribution in [0.3, 0.4) is 0 Å². The molecule has 1 N–H and O–H groups in total. The first kappa shape index (κ1) is 26.6. The van der Waals surface area contributed by atoms with E-state index in [1.807, 2.05) is 36.4 Å². The zero-order chi connectivity index (χ0) is 28.4. The molecule has 4 aromatic carbocycles. The van der Waals surface area contributed by atoms with Crippen molar-refractivity contribution in [3.8, 4) is 0 Å². The van der Waals surface area contributed by atoms with E-state index in [0.717, 1.165) is 34.4 Å². The number of halogens is 1. The number of anilines is 1. The number of hydrogen-bond acceptors (Lipinski definition) is 6. The summed E-state index contributed by atoms with van der Waals surface area (Å²) in [4.78, 5) is 49.1. The van der Waals surface area contributed by atoms with Gasteiger partial charge in [-0.15, -0.1) is 0 Å². The lowest BCUT2D eigenvalue weighted by molar-refractivity contribution is -0.384. The van der Waals surface area contributed by atoms with Crippen molar-refractivity contribution < 1.29 is 24.0 Å². The molecule has 0 radical (unpaired) electrons. The van der Waals surface area contributed by atoms with Crippen molar-refractivity contribution >= 4 is 62.4 Å². The van der Waals surface area contributed by atoms with Crippen LogP contribution in [-0.4, -0.2) is 33.8 Å². The molecule has 0 atom stereocenters. The Kier molecular flexibility index (Phi) is 7.31. The number of carbonyl (C=O) groups is 3. The predicted octanol–water partition coefficient (Wildman–Crippen LogP) is 6.40. The summed E-state index contributed by atoms with van der Waals surface area (Å²) in [5, 5.41) is 15.9. The first-order chi connectivity index (χ1) is 19.3. The molecule has 1 amide bonds. The highest BCUT2D eigenvalue weighted by Crippen LogP contribution is 2.31. The summed E-state index contributed by atoms with van der Waals surface area (Å²) in [6.07, 6.45) is 0. The average molecular weight is 556 g/mol. The molecule has 1 aromatic heterocycles. The highest BCUT2D eigenvalue weighted by molar-refractivity contribution is 6.33. The largest absolute Gasteiger partial charge is 0.452 e. The molecular formula is C30H22ClN3O6. The van der Waals surface area contributed by atoms with Gasteiger partial charge >= 0.3 is 5.97 Å². The van der Waals surface area contributed by atoms with Crippen molar-refractivity contribution in [1.82, 2.24) is 4.57 Å². The second-order valence-corrected chi connectivity index (χ2v) is 9.32. The van der Waals surface area contributed by atoms with E-state index in [9.17, 15) is 24.5 Å². The van der Waals surface area contributed by atoms with Gasteiger partial charge in [-0.25, -0.2) is 4.79 Å². The third-order valence-corrected chi connectivity index (χ3v) is 6.82. The molecule has 40 heavy (non-hydrogen) atoms. The number of aromatic nitrogens is 1. The summed E-state index contributed by atoms with van der Waals surface area (Å²) in [5.74, 6) is -2.07. The number of ether oxygens (including phenoxy) is 1. The summed E-state index contributed by atoms with van der Waals surface area (Å²) >= 11 is 5.85. The molecular weight excluding hydrogens is 534 g/mol. The molecule has 0 bridgehead atoms. The number of ketones is 1. The van der Waals surface area contributed by atoms with E-state index < -0.39 is 34.9 Å². The zero-order valence-corrected chi connectivity index (χ0v) is 22.0. The number of amides is 1. The fraction of sp³-hybridized carbons (Fsp3) is 0.100. The van der Waals surface area contributed by atoms with Crippen LogP contribution >= 0.6 is 11.6 Å². The first-order valence-electron chi connectivity index (χ1n) is 12.3. The SMILES string of the molecule is CCn1c2ccccc2c2cc(NC(=O)COC(=O)c3ccccc3C(=O)c3ccc(Cl)c([N+](=O)[O-])c3)ccc21. The van der Waals surface area contributed by atoms with E-state index in [1.165, 1.54) is 24.3 Å². The monoisotopic (exact) mass is 555 g/mol. The Hall–Kier alpha value is -5.02. The molecule has 0 spiro atoms. The van der Waals surface area contributed by atoms with Crippen LogP contribution < -0.4 is 5.32 Å². The fourth-order valence-corrected chi connectivity index (χ4v) is 4.87. The normalized spacial score (nSPS) is 10.9. The Morgan fingerprint density at radius 1 is 0.900 bits per heavy atom. The van der Waals surface area contributed by atoms with Crippen LogP contribution in [0.25, 0.3) is 21.8 Å². The molecule has 0 saturated heterocycles. The molecule has 9 nitrogen and oxygen atoms in total. The van der Waals surface area contributed by atoms with Gasteiger partial charge in [-0.3, -0.25) is 19.7 Å². The van der Waals surface area contributed by atoms with Crippen molar-refractivity contribution in [2.24, 2.45) is 0 Å². The Bertz CT molecular complexity index is 1830. The molecule has 0 aliphatic carbocycles. The maximum atomic E-state index is 13.1. The maximum absolute atomic E-state index is 13.1. The number of nitro groups is 1. The van der Waals surface area contributed by atoms with Crippen LogP contribution in [0.2, 0.25) is 5.02 Å². The molecule has 0 aliphatic rings. The Morgan fingerprint density at radius 2 is 1.60 bits per heavy atom. The van der Waals surface area contributed by atoms with Crippen LogP contribution in [0, 0.1) is 10.1 Å². The summed E-state index contributed by atoms with van der Waals surface area (Å²) in [6, 6.07) is 23.1. The minimum atomic E-state index is -0.885. The number of fused-ring (bicyclic) bond motifs is 3. The van der Waals surface area contributed by atoms with Gasteiger partial charge in [0, 0.05) is 51.2 Å². The first-order valence-corrected chi connectivity index (χ1v) is 12.7. The summed E-state index contributed by atoms with van der Waals surface area (Å²) in [5.41, 5.74) is 2.14. The summed E-state index contributed by atoms with van der Waals surface area (Å²) in [7, 11) is 0. The second kappa shape index (κ2) is 11.0. The highest BCUT2D eigenvalue weighted by atomic mass is 35.5. The Labute approximate surface area is 233 Å². The van der Waals surface area contributed by atoms with Crippen molar-refractivity contribution in [2.45, 2.75) is 13.5 Å². The van der Waals surface area contributed by atoms with Crippen molar-refractivity contribution in [1.29, 1.82) is 0 Å². The van der Waals surface area contributed by atoms with E-state index in [-0.39, 0.29) is 21.7 Å². The molecule has 0 fully saturated rings. The van der Waals surface area contributed by atoms with Crippen LogP contribution in [0.15, 0.2) is 84.9 Å². The topological polar surface area (TPSA) is 121 Å². The van der Waals surface area contributed by atoms with E-state index in [1.54, 1.807) is 18.2 Å². The minimum absolute atomic E-state index is 0.0195. The van der Waals surface area contributed by atoms with Crippen LogP contribution in [0.1, 0.15) is 33.2 Å². The fourth-order valence-electron chi connectivity index (χ4n) is 4.69. The van der Waals surface area contributed by atoms with Crippen molar-refractivity contribution in [3.63, 3.8) is 0 Å². The molecule has 0 unspecified atom stereocenters. The van der Waals surface area contributed by atoms with E-state index >= 15 is 0 Å². The van der Waals surface area contributed by atoms with Crippen LogP contribution in [0.4, 0.5) is 11.4 Å². The van der Waals surface area contributed by atoms with Crippen molar-refractivity contribution in [2.75, 3.05) is 11.9 Å². The van der Waals surface area contributed by atoms with E-state index in [2.05, 4.69) is 16.8 Å². The number of hydrogen-bond donors (Lipinski definition) is 1. The molecule has 0 aliphatic heterocycles. The minimum Gasteiger partial charge on any atom is -0.452 e. The summed E-state index contributed by atoms with van der Waals surface area (Å²) in [6.45, 7) is 2.29.